The number of hydrogen-bond donors (Lipinski definition) is 1. The summed E-state index contributed by atoms with van der Waals surface area (Å²) < 4.78 is 3.05. The van der Waals surface area contributed by atoms with Gasteiger partial charge in [0.1, 0.15) is 17.1 Å². The van der Waals surface area contributed by atoms with Crippen LogP contribution in [0, 0.1) is 6.92 Å². The van der Waals surface area contributed by atoms with Gasteiger partial charge >= 0.3 is 0 Å². The van der Waals surface area contributed by atoms with Crippen molar-refractivity contribution in [1.82, 2.24) is 9.55 Å². The molecule has 136 valence electrons. The molecular weight excluding hydrogens is 358 g/mol. The van der Waals surface area contributed by atoms with E-state index in [0.29, 0.717) is 16.0 Å². The molecule has 6 heteroatoms. The van der Waals surface area contributed by atoms with Crippen LogP contribution in [0.3, 0.4) is 0 Å². The predicted octanol–water partition coefficient (Wildman–Crippen LogP) is 4.12. The minimum atomic E-state index is -0.244. The monoisotopic (exact) mass is 377 g/mol. The Morgan fingerprint density at radius 2 is 1.89 bits per heavy atom. The Kier molecular flexibility index (Phi) is 4.49. The first-order chi connectivity index (χ1) is 13.1. The van der Waals surface area contributed by atoms with Crippen molar-refractivity contribution >= 4 is 43.2 Å². The number of benzene rings is 2. The molecule has 0 unspecified atom stereocenters. The molecule has 5 nitrogen and oxygen atoms in total. The third kappa shape index (κ3) is 3.24. The van der Waals surface area contributed by atoms with Gasteiger partial charge in [0, 0.05) is 15.8 Å². The molecule has 4 rings (SSSR count). The Balaban J connectivity index is 1.65. The Labute approximate surface area is 160 Å². The highest BCUT2D eigenvalue weighted by Crippen LogP contribution is 2.30. The highest BCUT2D eigenvalue weighted by atomic mass is 32.1. The largest absolute Gasteiger partial charge is 0.325 e. The van der Waals surface area contributed by atoms with Gasteiger partial charge in [-0.25, -0.2) is 4.98 Å². The third-order valence-corrected chi connectivity index (χ3v) is 5.77. The third-order valence-electron chi connectivity index (χ3n) is 4.62. The molecule has 2 aromatic heterocycles. The highest BCUT2D eigenvalue weighted by molar-refractivity contribution is 7.25. The van der Waals surface area contributed by atoms with Crippen LogP contribution >= 0.6 is 11.3 Å². The molecule has 0 aliphatic rings. The fraction of sp³-hybridized carbons (Fsp3) is 0.190. The molecule has 1 amide bonds. The van der Waals surface area contributed by atoms with Crippen LogP contribution in [0.1, 0.15) is 18.3 Å². The number of thiophene rings is 1. The van der Waals surface area contributed by atoms with E-state index in [4.69, 9.17) is 0 Å². The van der Waals surface area contributed by atoms with Crippen LogP contribution in [0.2, 0.25) is 0 Å². The molecule has 27 heavy (non-hydrogen) atoms. The van der Waals surface area contributed by atoms with Gasteiger partial charge in [-0.15, -0.1) is 11.3 Å². The number of amides is 1. The first-order valence-electron chi connectivity index (χ1n) is 8.84. The van der Waals surface area contributed by atoms with Crippen LogP contribution in [0.15, 0.2) is 53.3 Å². The Hall–Kier alpha value is -2.99. The van der Waals surface area contributed by atoms with Crippen LogP contribution in [0.25, 0.3) is 20.3 Å². The van der Waals surface area contributed by atoms with Crippen LogP contribution < -0.4 is 10.9 Å². The molecule has 0 saturated carbocycles. The predicted molar refractivity (Wildman–Crippen MR) is 111 cm³/mol. The quantitative estimate of drug-likeness (QED) is 0.582. The number of fused-ring (bicyclic) bond motifs is 3. The zero-order chi connectivity index (χ0) is 19.0. The van der Waals surface area contributed by atoms with E-state index >= 15 is 0 Å². The summed E-state index contributed by atoms with van der Waals surface area (Å²) in [5.74, 6) is 0.291. The number of rotatable bonds is 4. The van der Waals surface area contributed by atoms with Crippen LogP contribution in [0.4, 0.5) is 5.69 Å². The molecule has 0 fully saturated rings. The van der Waals surface area contributed by atoms with Crippen molar-refractivity contribution in [3.63, 3.8) is 0 Å². The minimum absolute atomic E-state index is 0.0582. The molecule has 0 saturated heterocycles. The molecule has 0 bridgehead atoms. The normalized spacial score (nSPS) is 11.2. The molecule has 4 aromatic rings. The van der Waals surface area contributed by atoms with Gasteiger partial charge in [0.25, 0.3) is 5.56 Å². The lowest BCUT2D eigenvalue weighted by molar-refractivity contribution is -0.116. The summed E-state index contributed by atoms with van der Waals surface area (Å²) in [6, 6.07) is 15.6. The fourth-order valence-corrected chi connectivity index (χ4v) is 4.22. The van der Waals surface area contributed by atoms with Gasteiger partial charge in [0.2, 0.25) is 5.91 Å². The van der Waals surface area contributed by atoms with E-state index in [1.54, 1.807) is 6.92 Å². The van der Waals surface area contributed by atoms with Crippen LogP contribution in [-0.2, 0) is 17.8 Å². The topological polar surface area (TPSA) is 64.0 Å². The van der Waals surface area contributed by atoms with E-state index < -0.39 is 0 Å². The van der Waals surface area contributed by atoms with Gasteiger partial charge in [-0.2, -0.15) is 0 Å². The van der Waals surface area contributed by atoms with Crippen LogP contribution in [-0.4, -0.2) is 15.5 Å². The van der Waals surface area contributed by atoms with E-state index in [9.17, 15) is 9.59 Å². The van der Waals surface area contributed by atoms with Crippen molar-refractivity contribution < 1.29 is 4.79 Å². The van der Waals surface area contributed by atoms with Gasteiger partial charge in [0.05, 0.1) is 5.52 Å². The number of aryl methyl sites for hydroxylation is 2. The number of aromatic nitrogens is 2. The molecular formula is C21H19N3O2S. The lowest BCUT2D eigenvalue weighted by atomic mass is 10.1. The molecule has 1 N–H and O–H groups in total. The zero-order valence-electron chi connectivity index (χ0n) is 15.2. The summed E-state index contributed by atoms with van der Waals surface area (Å²) in [6.45, 7) is 3.79. The number of anilines is 1. The molecule has 2 aromatic carbocycles. The summed E-state index contributed by atoms with van der Waals surface area (Å²) in [4.78, 5) is 30.0. The van der Waals surface area contributed by atoms with Crippen molar-refractivity contribution in [1.29, 1.82) is 0 Å². The second-order valence-electron chi connectivity index (χ2n) is 6.42. The van der Waals surface area contributed by atoms with Gasteiger partial charge in [-0.3, -0.25) is 14.2 Å². The van der Waals surface area contributed by atoms with Crippen molar-refractivity contribution in [2.24, 2.45) is 0 Å². The lowest BCUT2D eigenvalue weighted by Crippen LogP contribution is -2.29. The van der Waals surface area contributed by atoms with E-state index in [1.165, 1.54) is 21.5 Å². The summed E-state index contributed by atoms with van der Waals surface area (Å²) in [5, 5.41) is 3.82. The number of carbonyl (C=O) groups is 1. The summed E-state index contributed by atoms with van der Waals surface area (Å²) in [5.41, 5.74) is 2.47. The standard InChI is InChI=1S/C21H19N3O2S/c1-3-14-8-10-15(11-9-14)23-18(25)12-24-13(2)22-19-16-6-4-5-7-17(16)27-20(19)21(24)26/h4-11H,3,12H2,1-2H3,(H,23,25). The fourth-order valence-electron chi connectivity index (χ4n) is 3.13. The average molecular weight is 377 g/mol. The Bertz CT molecular complexity index is 1210. The second kappa shape index (κ2) is 6.96. The van der Waals surface area contributed by atoms with E-state index in [1.807, 2.05) is 48.5 Å². The van der Waals surface area contributed by atoms with Gasteiger partial charge in [0.15, 0.2) is 0 Å². The first-order valence-corrected chi connectivity index (χ1v) is 9.66. The maximum atomic E-state index is 12.9. The minimum Gasteiger partial charge on any atom is -0.325 e. The Morgan fingerprint density at radius 3 is 2.63 bits per heavy atom. The number of hydrogen-bond acceptors (Lipinski definition) is 4. The van der Waals surface area contributed by atoms with Crippen molar-refractivity contribution in [3.05, 3.63) is 70.3 Å². The second-order valence-corrected chi connectivity index (χ2v) is 7.48. The smallest absolute Gasteiger partial charge is 0.272 e. The van der Waals surface area contributed by atoms with Crippen molar-refractivity contribution in [3.8, 4) is 0 Å². The average Bonchev–Trinajstić information content (AvgIpc) is 3.04. The summed E-state index contributed by atoms with van der Waals surface area (Å²) in [6.07, 6.45) is 0.948. The number of nitrogens with one attached hydrogen (secondary N) is 1. The van der Waals surface area contributed by atoms with E-state index in [-0.39, 0.29) is 18.0 Å². The van der Waals surface area contributed by atoms with E-state index in [2.05, 4.69) is 17.2 Å². The lowest BCUT2D eigenvalue weighted by Gasteiger charge is -2.10. The van der Waals surface area contributed by atoms with Crippen molar-refractivity contribution in [2.45, 2.75) is 26.8 Å². The molecule has 2 heterocycles. The molecule has 0 radical (unpaired) electrons. The van der Waals surface area contributed by atoms with Gasteiger partial charge < -0.3 is 5.32 Å². The van der Waals surface area contributed by atoms with Gasteiger partial charge in [-0.1, -0.05) is 37.3 Å². The molecule has 0 spiro atoms. The first kappa shape index (κ1) is 17.4. The Morgan fingerprint density at radius 1 is 1.15 bits per heavy atom. The van der Waals surface area contributed by atoms with Crippen LogP contribution in [0.5, 0.6) is 0 Å². The number of nitrogens with zero attached hydrogens (tertiary/aromatic N) is 2. The summed E-state index contributed by atoms with van der Waals surface area (Å²) >= 11 is 1.42. The number of carbonyl (C=O) groups excluding carboxylic acids is 1. The molecule has 0 atom stereocenters. The van der Waals surface area contributed by atoms with E-state index in [0.717, 1.165) is 22.2 Å². The maximum absolute atomic E-state index is 12.9. The molecule has 0 aliphatic heterocycles. The van der Waals surface area contributed by atoms with Crippen molar-refractivity contribution in [2.75, 3.05) is 5.32 Å². The maximum Gasteiger partial charge on any atom is 0.272 e. The SMILES string of the molecule is CCc1ccc(NC(=O)Cn2c(C)nc3c(sc4ccccc43)c2=O)cc1. The summed E-state index contributed by atoms with van der Waals surface area (Å²) in [7, 11) is 0. The highest BCUT2D eigenvalue weighted by Gasteiger charge is 2.15. The molecule has 0 aliphatic carbocycles. The van der Waals surface area contributed by atoms with Gasteiger partial charge in [-0.05, 0) is 37.1 Å². The zero-order valence-corrected chi connectivity index (χ0v) is 16.0.